The SMILES string of the molecule is COCc1c(C(=O)O[C@H](C)C(=O)N[C@@](C)(C#N)C(C)C)oc2ccccc12. The van der Waals surface area contributed by atoms with Crippen LogP contribution < -0.4 is 5.32 Å². The van der Waals surface area contributed by atoms with Crippen LogP contribution in [0.4, 0.5) is 0 Å². The number of carbonyl (C=O) groups excluding carboxylic acids is 2. The summed E-state index contributed by atoms with van der Waals surface area (Å²) in [4.78, 5) is 25.0. The van der Waals surface area contributed by atoms with Crippen LogP contribution in [-0.2, 0) is 20.9 Å². The van der Waals surface area contributed by atoms with Gasteiger partial charge in [0.25, 0.3) is 5.91 Å². The number of rotatable bonds is 7. The number of carbonyl (C=O) groups is 2. The molecule has 0 saturated carbocycles. The molecule has 0 saturated heterocycles. The molecule has 1 N–H and O–H groups in total. The molecule has 7 heteroatoms. The number of ether oxygens (including phenoxy) is 2. The van der Waals surface area contributed by atoms with Gasteiger partial charge in [-0.15, -0.1) is 0 Å². The van der Waals surface area contributed by atoms with Crippen LogP contribution in [0, 0.1) is 17.2 Å². The summed E-state index contributed by atoms with van der Waals surface area (Å²) in [5, 5.41) is 12.7. The molecule has 0 aliphatic heterocycles. The monoisotopic (exact) mass is 372 g/mol. The smallest absolute Gasteiger partial charge is 0.375 e. The van der Waals surface area contributed by atoms with E-state index in [2.05, 4.69) is 11.4 Å². The van der Waals surface area contributed by atoms with Crippen molar-refractivity contribution >= 4 is 22.8 Å². The zero-order valence-electron chi connectivity index (χ0n) is 16.2. The second kappa shape index (κ2) is 8.23. The standard InChI is InChI=1S/C20H24N2O5/c1-12(2)20(4,11-21)22-18(23)13(3)26-19(24)17-15(10-25-5)14-8-6-7-9-16(14)27-17/h6-9,12-13H,10H2,1-5H3,(H,22,23)/t13-,20+/m1/s1. The Kier molecular flexibility index (Phi) is 6.24. The number of fused-ring (bicyclic) bond motifs is 1. The summed E-state index contributed by atoms with van der Waals surface area (Å²) in [6, 6.07) is 9.27. The van der Waals surface area contributed by atoms with Crippen LogP contribution in [0.2, 0.25) is 0 Å². The van der Waals surface area contributed by atoms with Gasteiger partial charge in [-0.1, -0.05) is 32.0 Å². The molecule has 1 heterocycles. The van der Waals surface area contributed by atoms with Gasteiger partial charge in [0.1, 0.15) is 11.1 Å². The Morgan fingerprint density at radius 2 is 1.96 bits per heavy atom. The van der Waals surface area contributed by atoms with Crippen LogP contribution in [0.5, 0.6) is 0 Å². The third-order valence-corrected chi connectivity index (χ3v) is 4.60. The highest BCUT2D eigenvalue weighted by atomic mass is 16.6. The molecule has 2 aromatic rings. The molecule has 0 radical (unpaired) electrons. The predicted octanol–water partition coefficient (Wildman–Crippen LogP) is 3.18. The van der Waals surface area contributed by atoms with Crippen LogP contribution >= 0.6 is 0 Å². The van der Waals surface area contributed by atoms with Gasteiger partial charge in [0, 0.05) is 18.1 Å². The minimum Gasteiger partial charge on any atom is -0.449 e. The molecule has 0 unspecified atom stereocenters. The van der Waals surface area contributed by atoms with Crippen LogP contribution in [0.15, 0.2) is 28.7 Å². The van der Waals surface area contributed by atoms with Gasteiger partial charge in [-0.05, 0) is 25.8 Å². The quantitative estimate of drug-likeness (QED) is 0.749. The van der Waals surface area contributed by atoms with E-state index in [9.17, 15) is 14.9 Å². The van der Waals surface area contributed by atoms with Crippen molar-refractivity contribution in [3.63, 3.8) is 0 Å². The van der Waals surface area contributed by atoms with Gasteiger partial charge in [0.15, 0.2) is 6.10 Å². The fourth-order valence-corrected chi connectivity index (χ4v) is 2.48. The first-order valence-electron chi connectivity index (χ1n) is 8.67. The van der Waals surface area contributed by atoms with Crippen LogP contribution in [0.1, 0.15) is 43.8 Å². The van der Waals surface area contributed by atoms with E-state index in [1.807, 2.05) is 26.0 Å². The van der Waals surface area contributed by atoms with Crippen LogP contribution in [0.25, 0.3) is 11.0 Å². The number of methoxy groups -OCH3 is 1. The lowest BCUT2D eigenvalue weighted by Crippen LogP contribution is -2.52. The van der Waals surface area contributed by atoms with Gasteiger partial charge >= 0.3 is 5.97 Å². The molecule has 2 atom stereocenters. The van der Waals surface area contributed by atoms with Crippen molar-refractivity contribution in [2.75, 3.05) is 7.11 Å². The molecule has 0 aliphatic carbocycles. The van der Waals surface area contributed by atoms with Crippen molar-refractivity contribution in [3.05, 3.63) is 35.6 Å². The highest BCUT2D eigenvalue weighted by molar-refractivity contribution is 5.97. The minimum atomic E-state index is -1.09. The molecule has 0 spiro atoms. The van der Waals surface area contributed by atoms with Gasteiger partial charge in [-0.25, -0.2) is 4.79 Å². The Morgan fingerprint density at radius 3 is 2.56 bits per heavy atom. The van der Waals surface area contributed by atoms with E-state index in [4.69, 9.17) is 13.9 Å². The maximum absolute atomic E-state index is 12.6. The molecular formula is C20H24N2O5. The molecular weight excluding hydrogens is 348 g/mol. The molecule has 144 valence electrons. The van der Waals surface area contributed by atoms with Crippen molar-refractivity contribution in [3.8, 4) is 6.07 Å². The molecule has 7 nitrogen and oxygen atoms in total. The third kappa shape index (κ3) is 4.29. The van der Waals surface area contributed by atoms with Crippen molar-refractivity contribution in [2.24, 2.45) is 5.92 Å². The van der Waals surface area contributed by atoms with Crippen molar-refractivity contribution in [2.45, 2.75) is 45.9 Å². The number of nitrogens with one attached hydrogen (secondary N) is 1. The number of amides is 1. The molecule has 0 bridgehead atoms. The van der Waals surface area contributed by atoms with Gasteiger partial charge < -0.3 is 19.2 Å². The predicted molar refractivity (Wildman–Crippen MR) is 98.8 cm³/mol. The second-order valence-electron chi connectivity index (χ2n) is 6.84. The Hall–Kier alpha value is -2.85. The first-order chi connectivity index (χ1) is 12.7. The zero-order chi connectivity index (χ0) is 20.2. The van der Waals surface area contributed by atoms with E-state index in [1.54, 1.807) is 19.1 Å². The maximum Gasteiger partial charge on any atom is 0.375 e. The fourth-order valence-electron chi connectivity index (χ4n) is 2.48. The summed E-state index contributed by atoms with van der Waals surface area (Å²) in [5.74, 6) is -1.42. The van der Waals surface area contributed by atoms with Crippen molar-refractivity contribution in [1.29, 1.82) is 5.26 Å². The van der Waals surface area contributed by atoms with Crippen LogP contribution in [0.3, 0.4) is 0 Å². The topological polar surface area (TPSA) is 102 Å². The number of para-hydroxylation sites is 1. The molecule has 0 fully saturated rings. The lowest BCUT2D eigenvalue weighted by atomic mass is 9.90. The zero-order valence-corrected chi connectivity index (χ0v) is 16.2. The third-order valence-electron chi connectivity index (χ3n) is 4.60. The summed E-state index contributed by atoms with van der Waals surface area (Å²) >= 11 is 0. The summed E-state index contributed by atoms with van der Waals surface area (Å²) in [7, 11) is 1.52. The number of benzene rings is 1. The molecule has 1 aromatic heterocycles. The van der Waals surface area contributed by atoms with Crippen LogP contribution in [-0.4, -0.2) is 30.6 Å². The number of nitriles is 1. The average Bonchev–Trinajstić information content (AvgIpc) is 3.00. The Bertz CT molecular complexity index is 880. The molecule has 0 aliphatic rings. The normalized spacial score (nSPS) is 14.4. The van der Waals surface area contributed by atoms with E-state index in [-0.39, 0.29) is 18.3 Å². The van der Waals surface area contributed by atoms with Gasteiger partial charge in [0.05, 0.1) is 12.7 Å². The van der Waals surface area contributed by atoms with Gasteiger partial charge in [0.2, 0.25) is 5.76 Å². The minimum absolute atomic E-state index is 0.00426. The Morgan fingerprint density at radius 1 is 1.30 bits per heavy atom. The average molecular weight is 372 g/mol. The van der Waals surface area contributed by atoms with Gasteiger partial charge in [-0.2, -0.15) is 5.26 Å². The summed E-state index contributed by atoms with van der Waals surface area (Å²) in [5.41, 5.74) is 0.0402. The number of furan rings is 1. The van der Waals surface area contributed by atoms with E-state index in [0.29, 0.717) is 11.1 Å². The molecule has 2 rings (SSSR count). The highest BCUT2D eigenvalue weighted by Gasteiger charge is 2.33. The summed E-state index contributed by atoms with van der Waals surface area (Å²) in [6.07, 6.45) is -1.09. The number of hydrogen-bond acceptors (Lipinski definition) is 6. The highest BCUT2D eigenvalue weighted by Crippen LogP contribution is 2.27. The second-order valence-corrected chi connectivity index (χ2v) is 6.84. The fraction of sp³-hybridized carbons (Fsp3) is 0.450. The Balaban J connectivity index is 2.19. The maximum atomic E-state index is 12.6. The number of esters is 1. The lowest BCUT2D eigenvalue weighted by molar-refractivity contribution is -0.130. The molecule has 1 amide bonds. The summed E-state index contributed by atoms with van der Waals surface area (Å²) in [6.45, 7) is 6.89. The first-order valence-corrected chi connectivity index (χ1v) is 8.67. The van der Waals surface area contributed by atoms with Crippen molar-refractivity contribution in [1.82, 2.24) is 5.32 Å². The number of hydrogen-bond donors (Lipinski definition) is 1. The van der Waals surface area contributed by atoms with Gasteiger partial charge in [-0.3, -0.25) is 4.79 Å². The van der Waals surface area contributed by atoms with E-state index < -0.39 is 23.5 Å². The van der Waals surface area contributed by atoms with Crippen molar-refractivity contribution < 1.29 is 23.5 Å². The molecule has 1 aromatic carbocycles. The van der Waals surface area contributed by atoms with E-state index in [1.165, 1.54) is 14.0 Å². The summed E-state index contributed by atoms with van der Waals surface area (Å²) < 4.78 is 16.1. The van der Waals surface area contributed by atoms with E-state index in [0.717, 1.165) is 5.39 Å². The largest absolute Gasteiger partial charge is 0.449 e. The molecule has 27 heavy (non-hydrogen) atoms. The Labute approximate surface area is 158 Å². The first kappa shape index (κ1) is 20.5. The number of nitrogens with zero attached hydrogens (tertiary/aromatic N) is 1. The van der Waals surface area contributed by atoms with E-state index >= 15 is 0 Å². The lowest BCUT2D eigenvalue weighted by Gasteiger charge is -2.28.